The smallest absolute Gasteiger partial charge is 0.219 e. The zero-order valence-corrected chi connectivity index (χ0v) is 8.96. The van der Waals surface area contributed by atoms with Gasteiger partial charge in [-0.05, 0) is 38.9 Å². The third kappa shape index (κ3) is 3.27. The number of piperidine rings is 1. The summed E-state index contributed by atoms with van der Waals surface area (Å²) in [5.74, 6) is -0.281. The summed E-state index contributed by atoms with van der Waals surface area (Å²) < 4.78 is 0. The number of hydrogen-bond acceptors (Lipinski definition) is 3. The standard InChI is InChI=1S/C10H21N3O/c1-2-5-13-6-3-10(12,4-7-13)8-9(11)14/h2-8,12H2,1H3,(H2,11,14). The zero-order valence-electron chi connectivity index (χ0n) is 8.96. The highest BCUT2D eigenvalue weighted by Crippen LogP contribution is 2.22. The average molecular weight is 199 g/mol. The maximum Gasteiger partial charge on any atom is 0.219 e. The van der Waals surface area contributed by atoms with Crippen molar-refractivity contribution in [1.82, 2.24) is 4.90 Å². The second-order valence-electron chi connectivity index (χ2n) is 4.35. The molecule has 0 aromatic rings. The number of primary amides is 1. The fraction of sp³-hybridized carbons (Fsp3) is 0.900. The van der Waals surface area contributed by atoms with E-state index in [-0.39, 0.29) is 11.4 Å². The minimum Gasteiger partial charge on any atom is -0.370 e. The van der Waals surface area contributed by atoms with Crippen molar-refractivity contribution >= 4 is 5.91 Å². The number of amides is 1. The van der Waals surface area contributed by atoms with Gasteiger partial charge in [-0.1, -0.05) is 6.92 Å². The van der Waals surface area contributed by atoms with Gasteiger partial charge in [0.25, 0.3) is 0 Å². The minimum atomic E-state index is -0.337. The summed E-state index contributed by atoms with van der Waals surface area (Å²) in [7, 11) is 0. The molecule has 0 aromatic carbocycles. The second-order valence-corrected chi connectivity index (χ2v) is 4.35. The molecule has 4 N–H and O–H groups in total. The number of carbonyl (C=O) groups is 1. The van der Waals surface area contributed by atoms with Crippen LogP contribution in [-0.2, 0) is 4.79 Å². The predicted octanol–water partition coefficient (Wildman–Crippen LogP) is 0.0651. The molecule has 14 heavy (non-hydrogen) atoms. The van der Waals surface area contributed by atoms with Crippen LogP contribution in [0.15, 0.2) is 0 Å². The predicted molar refractivity (Wildman–Crippen MR) is 56.7 cm³/mol. The maximum atomic E-state index is 10.8. The molecule has 0 atom stereocenters. The molecular weight excluding hydrogens is 178 g/mol. The summed E-state index contributed by atoms with van der Waals surface area (Å²) in [5.41, 5.74) is 10.9. The van der Waals surface area contributed by atoms with Gasteiger partial charge in [0.05, 0.1) is 0 Å². The van der Waals surface area contributed by atoms with Gasteiger partial charge in [0.1, 0.15) is 0 Å². The van der Waals surface area contributed by atoms with Crippen molar-refractivity contribution in [2.24, 2.45) is 11.5 Å². The molecule has 4 heteroatoms. The molecule has 4 nitrogen and oxygen atoms in total. The van der Waals surface area contributed by atoms with Crippen LogP contribution >= 0.6 is 0 Å². The molecule has 1 amide bonds. The average Bonchev–Trinajstić information content (AvgIpc) is 2.08. The quantitative estimate of drug-likeness (QED) is 0.672. The van der Waals surface area contributed by atoms with Gasteiger partial charge in [-0.2, -0.15) is 0 Å². The van der Waals surface area contributed by atoms with Crippen molar-refractivity contribution in [3.63, 3.8) is 0 Å². The molecule has 1 rings (SSSR count). The number of rotatable bonds is 4. The second kappa shape index (κ2) is 4.75. The van der Waals surface area contributed by atoms with E-state index in [1.165, 1.54) is 6.42 Å². The van der Waals surface area contributed by atoms with Crippen LogP contribution in [0.2, 0.25) is 0 Å². The van der Waals surface area contributed by atoms with Crippen LogP contribution in [0.4, 0.5) is 0 Å². The Hall–Kier alpha value is -0.610. The monoisotopic (exact) mass is 199 g/mol. The van der Waals surface area contributed by atoms with Crippen LogP contribution < -0.4 is 11.5 Å². The fourth-order valence-corrected chi connectivity index (χ4v) is 2.06. The van der Waals surface area contributed by atoms with E-state index in [9.17, 15) is 4.79 Å². The van der Waals surface area contributed by atoms with Gasteiger partial charge in [0, 0.05) is 12.0 Å². The highest BCUT2D eigenvalue weighted by Gasteiger charge is 2.31. The molecule has 0 aromatic heterocycles. The van der Waals surface area contributed by atoms with Crippen molar-refractivity contribution < 1.29 is 4.79 Å². The molecule has 0 unspecified atom stereocenters. The van der Waals surface area contributed by atoms with Gasteiger partial charge in [0.15, 0.2) is 0 Å². The summed E-state index contributed by atoms with van der Waals surface area (Å²) in [4.78, 5) is 13.2. The summed E-state index contributed by atoms with van der Waals surface area (Å²) in [6.07, 6.45) is 3.27. The van der Waals surface area contributed by atoms with E-state index >= 15 is 0 Å². The maximum absolute atomic E-state index is 10.8. The molecular formula is C10H21N3O. The van der Waals surface area contributed by atoms with Crippen LogP contribution in [0.5, 0.6) is 0 Å². The van der Waals surface area contributed by atoms with E-state index in [0.717, 1.165) is 32.5 Å². The summed E-state index contributed by atoms with van der Waals surface area (Å²) in [6.45, 7) is 5.30. The Labute approximate surface area is 85.6 Å². The number of hydrogen-bond donors (Lipinski definition) is 2. The Kier molecular flexibility index (Phi) is 3.89. The molecule has 0 saturated carbocycles. The van der Waals surface area contributed by atoms with Crippen molar-refractivity contribution in [3.8, 4) is 0 Å². The topological polar surface area (TPSA) is 72.3 Å². The summed E-state index contributed by atoms with van der Waals surface area (Å²) in [6, 6.07) is 0. The van der Waals surface area contributed by atoms with Gasteiger partial charge in [-0.3, -0.25) is 4.79 Å². The van der Waals surface area contributed by atoms with E-state index in [1.54, 1.807) is 0 Å². The van der Waals surface area contributed by atoms with E-state index < -0.39 is 0 Å². The SMILES string of the molecule is CCCN1CCC(N)(CC(N)=O)CC1. The molecule has 0 spiro atoms. The molecule has 0 aliphatic carbocycles. The van der Waals surface area contributed by atoms with E-state index in [4.69, 9.17) is 11.5 Å². The number of carbonyl (C=O) groups excluding carboxylic acids is 1. The van der Waals surface area contributed by atoms with Gasteiger partial charge in [-0.25, -0.2) is 0 Å². The Morgan fingerprint density at radius 1 is 1.43 bits per heavy atom. The van der Waals surface area contributed by atoms with Crippen molar-refractivity contribution in [3.05, 3.63) is 0 Å². The fourth-order valence-electron chi connectivity index (χ4n) is 2.06. The normalized spacial score (nSPS) is 22.1. The Bertz CT molecular complexity index is 198. The van der Waals surface area contributed by atoms with E-state index in [1.807, 2.05) is 0 Å². The van der Waals surface area contributed by atoms with E-state index in [0.29, 0.717) is 6.42 Å². The molecule has 1 aliphatic heterocycles. The summed E-state index contributed by atoms with van der Waals surface area (Å²) in [5, 5.41) is 0. The molecule has 1 heterocycles. The minimum absolute atomic E-state index is 0.281. The highest BCUT2D eigenvalue weighted by molar-refractivity contribution is 5.75. The first-order valence-electron chi connectivity index (χ1n) is 5.35. The van der Waals surface area contributed by atoms with Crippen molar-refractivity contribution in [2.45, 2.75) is 38.1 Å². The van der Waals surface area contributed by atoms with Crippen LogP contribution in [-0.4, -0.2) is 36.0 Å². The van der Waals surface area contributed by atoms with Crippen LogP contribution in [0, 0.1) is 0 Å². The number of nitrogens with two attached hydrogens (primary N) is 2. The first-order chi connectivity index (χ1) is 6.56. The van der Waals surface area contributed by atoms with E-state index in [2.05, 4.69) is 11.8 Å². The van der Waals surface area contributed by atoms with Crippen molar-refractivity contribution in [1.29, 1.82) is 0 Å². The Morgan fingerprint density at radius 3 is 2.43 bits per heavy atom. The van der Waals surface area contributed by atoms with Gasteiger partial charge in [0.2, 0.25) is 5.91 Å². The first-order valence-corrected chi connectivity index (χ1v) is 5.35. The third-order valence-electron chi connectivity index (χ3n) is 2.92. The van der Waals surface area contributed by atoms with Gasteiger partial charge < -0.3 is 16.4 Å². The lowest BCUT2D eigenvalue weighted by atomic mass is 9.85. The lowest BCUT2D eigenvalue weighted by Gasteiger charge is -2.38. The molecule has 1 saturated heterocycles. The Balaban J connectivity index is 2.36. The van der Waals surface area contributed by atoms with Crippen LogP contribution in [0.1, 0.15) is 32.6 Å². The van der Waals surface area contributed by atoms with Gasteiger partial charge in [-0.15, -0.1) is 0 Å². The number of likely N-dealkylation sites (tertiary alicyclic amines) is 1. The van der Waals surface area contributed by atoms with Crippen LogP contribution in [0.25, 0.3) is 0 Å². The van der Waals surface area contributed by atoms with Gasteiger partial charge >= 0.3 is 0 Å². The molecule has 0 radical (unpaired) electrons. The van der Waals surface area contributed by atoms with Crippen molar-refractivity contribution in [2.75, 3.05) is 19.6 Å². The van der Waals surface area contributed by atoms with Crippen LogP contribution in [0.3, 0.4) is 0 Å². The highest BCUT2D eigenvalue weighted by atomic mass is 16.1. The Morgan fingerprint density at radius 2 is 2.00 bits per heavy atom. The lowest BCUT2D eigenvalue weighted by molar-refractivity contribution is -0.119. The summed E-state index contributed by atoms with van der Waals surface area (Å²) >= 11 is 0. The molecule has 82 valence electrons. The zero-order chi connectivity index (χ0) is 10.6. The molecule has 1 aliphatic rings. The lowest BCUT2D eigenvalue weighted by Crippen LogP contribution is -2.52. The molecule has 1 fully saturated rings. The number of nitrogens with zero attached hydrogens (tertiary/aromatic N) is 1. The third-order valence-corrected chi connectivity index (χ3v) is 2.92. The molecule has 0 bridgehead atoms. The largest absolute Gasteiger partial charge is 0.370 e. The first kappa shape index (κ1) is 11.5.